The molecule has 2 aromatic rings. The summed E-state index contributed by atoms with van der Waals surface area (Å²) in [7, 11) is -3.16. The first-order valence-electron chi connectivity index (χ1n) is 9.84. The van der Waals surface area contributed by atoms with Crippen LogP contribution in [-0.2, 0) is 4.79 Å². The molecule has 8 nitrogen and oxygen atoms in total. The number of nitrogens with zero attached hydrogens (tertiary/aromatic N) is 3. The van der Waals surface area contributed by atoms with Crippen molar-refractivity contribution in [3.05, 3.63) is 29.8 Å². The second-order valence-electron chi connectivity index (χ2n) is 7.73. The van der Waals surface area contributed by atoms with Crippen LogP contribution in [0.4, 0.5) is 0 Å². The zero-order valence-electron chi connectivity index (χ0n) is 16.2. The van der Waals surface area contributed by atoms with Crippen molar-refractivity contribution in [3.63, 3.8) is 0 Å². The molecule has 1 aliphatic carbocycles. The number of hydrogen-bond acceptors (Lipinski definition) is 7. The molecular formula is C19H29N5O3P+. The lowest BCUT2D eigenvalue weighted by atomic mass is 9.91. The van der Waals surface area contributed by atoms with Gasteiger partial charge >= 0.3 is 0 Å². The Hall–Kier alpha value is -1.73. The molecule has 1 unspecified atom stereocenters. The van der Waals surface area contributed by atoms with Gasteiger partial charge in [0.15, 0.2) is 11.9 Å². The number of benzene rings is 1. The summed E-state index contributed by atoms with van der Waals surface area (Å²) in [6.07, 6.45) is 5.88. The van der Waals surface area contributed by atoms with Crippen LogP contribution in [-0.4, -0.2) is 55.1 Å². The number of carbonyl (C=O) groups is 1. The van der Waals surface area contributed by atoms with Crippen LogP contribution < -0.4 is 5.32 Å². The van der Waals surface area contributed by atoms with Gasteiger partial charge in [0.2, 0.25) is 5.82 Å². The van der Waals surface area contributed by atoms with Crippen LogP contribution in [0.5, 0.6) is 0 Å². The number of aromatic amines is 1. The Morgan fingerprint density at radius 3 is 2.82 bits per heavy atom. The Morgan fingerprint density at radius 1 is 1.32 bits per heavy atom. The van der Waals surface area contributed by atoms with Crippen LogP contribution in [0, 0.1) is 5.92 Å². The Morgan fingerprint density at radius 2 is 2.11 bits per heavy atom. The van der Waals surface area contributed by atoms with Gasteiger partial charge in [0, 0.05) is 11.6 Å². The summed E-state index contributed by atoms with van der Waals surface area (Å²) in [6.45, 7) is 2.08. The summed E-state index contributed by atoms with van der Waals surface area (Å²) in [4.78, 5) is 33.0. The molecule has 0 radical (unpaired) electrons. The fraction of sp³-hybridized carbons (Fsp3) is 0.579. The topological polar surface area (TPSA) is 124 Å². The summed E-state index contributed by atoms with van der Waals surface area (Å²) in [5.74, 6) is 0.711. The minimum absolute atomic E-state index is 0.0701. The Balaban J connectivity index is 1.49. The smallest absolute Gasteiger partial charge is 0.275 e. The molecule has 0 amide bonds. The molecule has 0 saturated heterocycles. The maximum Gasteiger partial charge on any atom is 0.275 e. The molecule has 0 bridgehead atoms. The van der Waals surface area contributed by atoms with Gasteiger partial charge < -0.3 is 5.32 Å². The summed E-state index contributed by atoms with van der Waals surface area (Å²) in [5.41, 5.74) is 1.83. The first-order chi connectivity index (χ1) is 13.4. The Labute approximate surface area is 165 Å². The van der Waals surface area contributed by atoms with Crippen LogP contribution in [0.25, 0.3) is 11.4 Å². The van der Waals surface area contributed by atoms with E-state index in [1.54, 1.807) is 0 Å². The van der Waals surface area contributed by atoms with Gasteiger partial charge in [-0.3, -0.25) is 4.79 Å². The number of hydrogen-bond donors (Lipinski definition) is 4. The molecule has 1 saturated carbocycles. The van der Waals surface area contributed by atoms with Gasteiger partial charge in [0.1, 0.15) is 6.16 Å². The van der Waals surface area contributed by atoms with Gasteiger partial charge in [-0.1, -0.05) is 37.5 Å². The Kier molecular flexibility index (Phi) is 7.24. The lowest BCUT2D eigenvalue weighted by Crippen LogP contribution is -2.29. The van der Waals surface area contributed by atoms with E-state index in [2.05, 4.69) is 25.9 Å². The molecule has 1 fully saturated rings. The number of Topliss-reactive ketones (excluding diaryl/α,β-unsaturated/α-hetero) is 1. The summed E-state index contributed by atoms with van der Waals surface area (Å²) >= 11 is 0. The van der Waals surface area contributed by atoms with Gasteiger partial charge in [0.05, 0.1) is 6.54 Å². The van der Waals surface area contributed by atoms with Crippen molar-refractivity contribution < 1.29 is 14.6 Å². The van der Waals surface area contributed by atoms with E-state index in [0.717, 1.165) is 36.8 Å². The molecule has 1 aromatic heterocycles. The number of ketones is 1. The molecule has 0 spiro atoms. The van der Waals surface area contributed by atoms with Gasteiger partial charge in [-0.25, -0.2) is 9.79 Å². The molecule has 9 heteroatoms. The van der Waals surface area contributed by atoms with Crippen molar-refractivity contribution in [2.45, 2.75) is 45.1 Å². The largest absolute Gasteiger partial charge is 0.303 e. The van der Waals surface area contributed by atoms with Crippen molar-refractivity contribution in [1.82, 2.24) is 25.9 Å². The first-order valence-corrected chi connectivity index (χ1v) is 11.9. The van der Waals surface area contributed by atoms with Crippen LogP contribution in [0.2, 0.25) is 0 Å². The molecule has 1 atom stereocenters. The predicted molar refractivity (Wildman–Crippen MR) is 109 cm³/mol. The van der Waals surface area contributed by atoms with Gasteiger partial charge in [-0.15, -0.1) is 10.2 Å². The molecule has 28 heavy (non-hydrogen) atoms. The van der Waals surface area contributed by atoms with Crippen LogP contribution in [0.15, 0.2) is 24.3 Å². The molecule has 0 aliphatic heterocycles. The highest BCUT2D eigenvalue weighted by Gasteiger charge is 2.39. The highest BCUT2D eigenvalue weighted by Crippen LogP contribution is 2.53. The highest BCUT2D eigenvalue weighted by molar-refractivity contribution is 7.65. The molecular weight excluding hydrogens is 377 g/mol. The van der Waals surface area contributed by atoms with E-state index in [1.165, 1.54) is 6.42 Å². The average molecular weight is 406 g/mol. The third-order valence-electron chi connectivity index (χ3n) is 5.30. The van der Waals surface area contributed by atoms with E-state index in [4.69, 9.17) is 0 Å². The number of nitrogens with one attached hydrogen (secondary N) is 2. The SMILES string of the molecule is CC(NCC(=O)C[P+](O)(O)CC1CCCCC1)c1cccc(-c2nn[nH]n2)c1. The van der Waals surface area contributed by atoms with Gasteiger partial charge in [-0.05, 0) is 42.5 Å². The van der Waals surface area contributed by atoms with Crippen molar-refractivity contribution in [2.75, 3.05) is 18.9 Å². The second-order valence-corrected chi connectivity index (χ2v) is 10.2. The van der Waals surface area contributed by atoms with E-state index in [0.29, 0.717) is 17.9 Å². The molecule has 152 valence electrons. The van der Waals surface area contributed by atoms with Gasteiger partial charge in [0.25, 0.3) is 7.72 Å². The van der Waals surface area contributed by atoms with Crippen LogP contribution >= 0.6 is 7.72 Å². The zero-order valence-corrected chi connectivity index (χ0v) is 17.1. The van der Waals surface area contributed by atoms with Crippen LogP contribution in [0.3, 0.4) is 0 Å². The predicted octanol–water partition coefficient (Wildman–Crippen LogP) is 2.50. The van der Waals surface area contributed by atoms with Crippen molar-refractivity contribution in [2.24, 2.45) is 5.92 Å². The van der Waals surface area contributed by atoms with Crippen molar-refractivity contribution in [1.29, 1.82) is 0 Å². The number of carbonyl (C=O) groups excluding carboxylic acids is 1. The van der Waals surface area contributed by atoms with E-state index in [1.807, 2.05) is 31.2 Å². The van der Waals surface area contributed by atoms with Crippen molar-refractivity contribution >= 4 is 13.5 Å². The van der Waals surface area contributed by atoms with E-state index < -0.39 is 7.72 Å². The summed E-state index contributed by atoms with van der Waals surface area (Å²) in [6, 6.07) is 7.64. The fourth-order valence-corrected chi connectivity index (χ4v) is 5.80. The van der Waals surface area contributed by atoms with E-state index >= 15 is 0 Å². The second kappa shape index (κ2) is 9.65. The third kappa shape index (κ3) is 6.14. The number of aromatic nitrogens is 4. The van der Waals surface area contributed by atoms with Crippen LogP contribution in [0.1, 0.15) is 50.6 Å². The minimum atomic E-state index is -3.16. The maximum absolute atomic E-state index is 12.3. The Bertz CT molecular complexity index is 763. The fourth-order valence-electron chi connectivity index (χ4n) is 3.80. The first kappa shape index (κ1) is 21.0. The molecule has 3 rings (SSSR count). The highest BCUT2D eigenvalue weighted by atomic mass is 31.2. The monoisotopic (exact) mass is 406 g/mol. The lowest BCUT2D eigenvalue weighted by Gasteiger charge is -2.23. The molecule has 1 heterocycles. The van der Waals surface area contributed by atoms with Gasteiger partial charge in [-0.2, -0.15) is 5.21 Å². The molecule has 4 N–H and O–H groups in total. The molecule has 1 aliphatic rings. The molecule has 1 aromatic carbocycles. The summed E-state index contributed by atoms with van der Waals surface area (Å²) in [5, 5.41) is 17.1. The quantitative estimate of drug-likeness (QED) is 0.472. The normalized spacial score (nSPS) is 16.8. The standard InChI is InChI=1S/C19H29N5O3P/c1-14(16-8-5-9-17(10-16)19-21-23-24-22-19)20-11-18(25)13-28(26,27)12-15-6-3-2-4-7-15/h5,8-10,14-15,20,26-27H,2-4,6-7,11-13H2,1H3,(H,21,22,23,24)/q+1. The minimum Gasteiger partial charge on any atom is -0.303 e. The number of H-pyrrole nitrogens is 1. The van der Waals surface area contributed by atoms with E-state index in [-0.39, 0.29) is 24.5 Å². The lowest BCUT2D eigenvalue weighted by molar-refractivity contribution is -0.116. The number of rotatable bonds is 9. The van der Waals surface area contributed by atoms with E-state index in [9.17, 15) is 14.6 Å². The summed E-state index contributed by atoms with van der Waals surface area (Å²) < 4.78 is 0. The average Bonchev–Trinajstić information content (AvgIpc) is 3.21. The third-order valence-corrected chi connectivity index (χ3v) is 7.26. The zero-order chi connectivity index (χ0) is 20.0. The van der Waals surface area contributed by atoms with Crippen molar-refractivity contribution in [3.8, 4) is 11.4 Å². The maximum atomic E-state index is 12.3. The number of tetrazole rings is 1.